The Kier molecular flexibility index (Phi) is 3.38. The molecule has 1 unspecified atom stereocenters. The molecule has 3 rings (SSSR count). The van der Waals surface area contributed by atoms with Crippen LogP contribution in [-0.2, 0) is 4.79 Å². The zero-order valence-corrected chi connectivity index (χ0v) is 11.4. The maximum absolute atomic E-state index is 10.8. The van der Waals surface area contributed by atoms with Crippen molar-refractivity contribution in [3.05, 3.63) is 24.3 Å². The van der Waals surface area contributed by atoms with Gasteiger partial charge in [-0.25, -0.2) is 0 Å². The van der Waals surface area contributed by atoms with Gasteiger partial charge in [0.15, 0.2) is 0 Å². The predicted octanol–water partition coefficient (Wildman–Crippen LogP) is 2.99. The van der Waals surface area contributed by atoms with Gasteiger partial charge in [-0.15, -0.1) is 0 Å². The van der Waals surface area contributed by atoms with Crippen LogP contribution in [0.2, 0.25) is 0 Å². The summed E-state index contributed by atoms with van der Waals surface area (Å²) >= 11 is 1.52. The van der Waals surface area contributed by atoms with Crippen molar-refractivity contribution in [2.45, 2.75) is 19.3 Å². The third-order valence-corrected chi connectivity index (χ3v) is 4.57. The highest BCUT2D eigenvalue weighted by Crippen LogP contribution is 2.34. The third-order valence-electron chi connectivity index (χ3n) is 3.63. The first-order valence-electron chi connectivity index (χ1n) is 6.55. The van der Waals surface area contributed by atoms with E-state index >= 15 is 0 Å². The number of hydrogen-bond acceptors (Lipinski definition) is 4. The smallest absolute Gasteiger partial charge is 0.303 e. The third kappa shape index (κ3) is 2.56. The van der Waals surface area contributed by atoms with E-state index in [2.05, 4.69) is 15.3 Å². The number of rotatable bonds is 3. The summed E-state index contributed by atoms with van der Waals surface area (Å²) in [6.07, 6.45) is 2.34. The van der Waals surface area contributed by atoms with Gasteiger partial charge in [0.25, 0.3) is 0 Å². The van der Waals surface area contributed by atoms with Gasteiger partial charge in [0, 0.05) is 24.9 Å². The van der Waals surface area contributed by atoms with Crippen molar-refractivity contribution in [3.63, 3.8) is 0 Å². The molecule has 1 fully saturated rings. The van der Waals surface area contributed by atoms with Gasteiger partial charge in [-0.2, -0.15) is 4.37 Å². The maximum atomic E-state index is 10.8. The molecule has 0 amide bonds. The Bertz CT molecular complexity index is 596. The molecule has 1 aliphatic heterocycles. The number of anilines is 1. The molecule has 1 saturated heterocycles. The molecule has 1 atom stereocenters. The minimum atomic E-state index is -0.694. The van der Waals surface area contributed by atoms with E-state index < -0.39 is 5.97 Å². The van der Waals surface area contributed by atoms with Crippen molar-refractivity contribution in [1.29, 1.82) is 0 Å². The van der Waals surface area contributed by atoms with Gasteiger partial charge >= 0.3 is 5.97 Å². The van der Waals surface area contributed by atoms with Crippen LogP contribution in [0.4, 0.5) is 5.00 Å². The number of carboxylic acid groups (broad SMARTS) is 1. The fourth-order valence-electron chi connectivity index (χ4n) is 2.77. The van der Waals surface area contributed by atoms with Gasteiger partial charge in [-0.1, -0.05) is 12.1 Å². The molecular formula is C14H16N2O2S. The Morgan fingerprint density at radius 1 is 1.47 bits per heavy atom. The molecule has 4 nitrogen and oxygen atoms in total. The molecule has 100 valence electrons. The van der Waals surface area contributed by atoms with Crippen LogP contribution in [-0.4, -0.2) is 28.5 Å². The quantitative estimate of drug-likeness (QED) is 0.936. The lowest BCUT2D eigenvalue weighted by atomic mass is 9.95. The van der Waals surface area contributed by atoms with E-state index in [1.807, 2.05) is 18.2 Å². The molecule has 2 heterocycles. The van der Waals surface area contributed by atoms with E-state index in [0.29, 0.717) is 0 Å². The first kappa shape index (κ1) is 12.4. The van der Waals surface area contributed by atoms with Gasteiger partial charge in [-0.05, 0) is 42.4 Å². The van der Waals surface area contributed by atoms with Crippen LogP contribution < -0.4 is 4.90 Å². The molecule has 2 aromatic rings. The molecule has 19 heavy (non-hydrogen) atoms. The van der Waals surface area contributed by atoms with Gasteiger partial charge < -0.3 is 10.0 Å². The van der Waals surface area contributed by atoms with Gasteiger partial charge in [0.05, 0.1) is 5.52 Å². The van der Waals surface area contributed by atoms with Gasteiger partial charge in [0.2, 0.25) is 0 Å². The standard InChI is InChI=1S/C14H16N2O2S/c17-13(18)8-10-4-3-7-16(9-10)14-11-5-1-2-6-12(11)15-19-14/h1-2,5-6,10H,3-4,7-9H2,(H,17,18). The molecule has 0 aliphatic carbocycles. The van der Waals surface area contributed by atoms with E-state index in [1.54, 1.807) is 0 Å². The Labute approximate surface area is 115 Å². The maximum Gasteiger partial charge on any atom is 0.303 e. The molecule has 0 bridgehead atoms. The zero-order chi connectivity index (χ0) is 13.2. The Hall–Kier alpha value is -1.62. The van der Waals surface area contributed by atoms with E-state index in [-0.39, 0.29) is 12.3 Å². The fraction of sp³-hybridized carbons (Fsp3) is 0.429. The summed E-state index contributed by atoms with van der Waals surface area (Å²) < 4.78 is 4.46. The van der Waals surface area contributed by atoms with Crippen LogP contribution in [0.5, 0.6) is 0 Å². The van der Waals surface area contributed by atoms with E-state index in [4.69, 9.17) is 5.11 Å². The minimum absolute atomic E-state index is 0.257. The van der Waals surface area contributed by atoms with Crippen molar-refractivity contribution < 1.29 is 9.90 Å². The second-order valence-corrected chi connectivity index (χ2v) is 5.81. The van der Waals surface area contributed by atoms with Crippen molar-refractivity contribution in [2.75, 3.05) is 18.0 Å². The number of aromatic nitrogens is 1. The SMILES string of the molecule is O=C(O)CC1CCCN(c2snc3ccccc23)C1. The molecule has 0 spiro atoms. The summed E-state index contributed by atoms with van der Waals surface area (Å²) in [4.78, 5) is 13.1. The van der Waals surface area contributed by atoms with E-state index in [1.165, 1.54) is 21.9 Å². The van der Waals surface area contributed by atoms with Crippen molar-refractivity contribution in [3.8, 4) is 0 Å². The normalized spacial score (nSPS) is 19.8. The summed E-state index contributed by atoms with van der Waals surface area (Å²) in [5.41, 5.74) is 1.03. The highest BCUT2D eigenvalue weighted by atomic mass is 32.1. The van der Waals surface area contributed by atoms with Crippen LogP contribution in [0.25, 0.3) is 10.9 Å². The molecule has 1 N–H and O–H groups in total. The average molecular weight is 276 g/mol. The molecular weight excluding hydrogens is 260 g/mol. The minimum Gasteiger partial charge on any atom is -0.481 e. The van der Waals surface area contributed by atoms with Crippen molar-refractivity contribution in [2.24, 2.45) is 5.92 Å². The van der Waals surface area contributed by atoms with Crippen LogP contribution in [0.1, 0.15) is 19.3 Å². The summed E-state index contributed by atoms with van der Waals surface area (Å²) in [6, 6.07) is 8.14. The molecule has 1 aromatic heterocycles. The number of carboxylic acids is 1. The van der Waals surface area contributed by atoms with Crippen LogP contribution >= 0.6 is 11.5 Å². The van der Waals surface area contributed by atoms with Crippen LogP contribution in [0.3, 0.4) is 0 Å². The van der Waals surface area contributed by atoms with E-state index in [9.17, 15) is 4.79 Å². The second-order valence-electron chi connectivity index (χ2n) is 5.06. The number of aliphatic carboxylic acids is 1. The summed E-state index contributed by atoms with van der Waals surface area (Å²) in [6.45, 7) is 1.83. The lowest BCUT2D eigenvalue weighted by Crippen LogP contribution is -2.35. The lowest BCUT2D eigenvalue weighted by molar-refractivity contribution is -0.138. The first-order chi connectivity index (χ1) is 9.24. The molecule has 5 heteroatoms. The zero-order valence-electron chi connectivity index (χ0n) is 10.6. The van der Waals surface area contributed by atoms with E-state index in [0.717, 1.165) is 31.4 Å². The summed E-state index contributed by atoms with van der Waals surface area (Å²) in [7, 11) is 0. The number of carbonyl (C=O) groups is 1. The number of benzene rings is 1. The molecule has 0 radical (unpaired) electrons. The van der Waals surface area contributed by atoms with Crippen LogP contribution in [0.15, 0.2) is 24.3 Å². The van der Waals surface area contributed by atoms with Gasteiger partial charge in [0.1, 0.15) is 5.00 Å². The number of nitrogens with zero attached hydrogens (tertiary/aromatic N) is 2. The predicted molar refractivity (Wildman–Crippen MR) is 76.8 cm³/mol. The van der Waals surface area contributed by atoms with Crippen molar-refractivity contribution in [1.82, 2.24) is 4.37 Å². The highest BCUT2D eigenvalue weighted by Gasteiger charge is 2.24. The largest absolute Gasteiger partial charge is 0.481 e. The first-order valence-corrected chi connectivity index (χ1v) is 7.32. The Morgan fingerprint density at radius 3 is 3.16 bits per heavy atom. The number of hydrogen-bond donors (Lipinski definition) is 1. The van der Waals surface area contributed by atoms with Crippen LogP contribution in [0, 0.1) is 5.92 Å². The second kappa shape index (κ2) is 5.17. The Balaban J connectivity index is 1.83. The highest BCUT2D eigenvalue weighted by molar-refractivity contribution is 7.11. The average Bonchev–Trinajstić information content (AvgIpc) is 2.82. The van der Waals surface area contributed by atoms with Crippen molar-refractivity contribution >= 4 is 33.4 Å². The summed E-state index contributed by atoms with van der Waals surface area (Å²) in [5.74, 6) is -0.437. The summed E-state index contributed by atoms with van der Waals surface area (Å²) in [5, 5.41) is 11.3. The fourth-order valence-corrected chi connectivity index (χ4v) is 3.66. The van der Waals surface area contributed by atoms with Gasteiger partial charge in [-0.3, -0.25) is 4.79 Å². The number of fused-ring (bicyclic) bond motifs is 1. The molecule has 0 saturated carbocycles. The lowest BCUT2D eigenvalue weighted by Gasteiger charge is -2.32. The Morgan fingerprint density at radius 2 is 2.32 bits per heavy atom. The molecule has 1 aromatic carbocycles. The monoisotopic (exact) mass is 276 g/mol. The topological polar surface area (TPSA) is 53.4 Å². The number of piperidine rings is 1. The molecule has 1 aliphatic rings.